The lowest BCUT2D eigenvalue weighted by molar-refractivity contribution is -0.111. The molecule has 0 atom stereocenters. The zero-order chi connectivity index (χ0) is 12.8. The zero-order valence-electron chi connectivity index (χ0n) is 11.5. The first-order chi connectivity index (χ1) is 8.35. The van der Waals surface area contributed by atoms with Crippen LogP contribution in [0, 0.1) is 5.92 Å². The molecule has 0 aliphatic heterocycles. The van der Waals surface area contributed by atoms with E-state index in [0.717, 1.165) is 44.8 Å². The maximum atomic E-state index is 10.9. The molecule has 0 aliphatic rings. The summed E-state index contributed by atoms with van der Waals surface area (Å²) in [6.45, 7) is 4.36. The van der Waals surface area contributed by atoms with E-state index in [-0.39, 0.29) is 5.92 Å². The van der Waals surface area contributed by atoms with Crippen LogP contribution in [-0.4, -0.2) is 6.29 Å². The largest absolute Gasteiger partial charge is 0.303 e. The molecule has 0 saturated carbocycles. The molecule has 0 saturated heterocycles. The van der Waals surface area contributed by atoms with Crippen LogP contribution in [0.1, 0.15) is 65.2 Å². The van der Waals surface area contributed by atoms with Gasteiger partial charge in [-0.25, -0.2) is 0 Å². The fourth-order valence-corrected chi connectivity index (χ4v) is 1.71. The lowest BCUT2D eigenvalue weighted by Gasteiger charge is -2.06. The predicted molar refractivity (Wildman–Crippen MR) is 76.1 cm³/mol. The highest BCUT2D eigenvalue weighted by atomic mass is 16.1. The summed E-state index contributed by atoms with van der Waals surface area (Å²) < 4.78 is 0. The van der Waals surface area contributed by atoms with Gasteiger partial charge in [0, 0.05) is 5.92 Å². The summed E-state index contributed by atoms with van der Waals surface area (Å²) in [6.07, 6.45) is 18.8. The molecule has 0 heterocycles. The monoisotopic (exact) mass is 236 g/mol. The Morgan fingerprint density at radius 3 is 1.53 bits per heavy atom. The number of unbranched alkanes of at least 4 members (excludes halogenated alkanes) is 2. The molecule has 0 radical (unpaired) electrons. The third-order valence-corrected chi connectivity index (χ3v) is 2.84. The lowest BCUT2D eigenvalue weighted by atomic mass is 9.98. The molecule has 1 heteroatoms. The van der Waals surface area contributed by atoms with Crippen molar-refractivity contribution in [2.75, 3.05) is 0 Å². The molecule has 0 N–H and O–H groups in total. The first kappa shape index (κ1) is 16.1. The molecule has 0 aliphatic carbocycles. The molecule has 17 heavy (non-hydrogen) atoms. The minimum Gasteiger partial charge on any atom is -0.303 e. The van der Waals surface area contributed by atoms with Gasteiger partial charge in [0.15, 0.2) is 0 Å². The third kappa shape index (κ3) is 11.4. The SMILES string of the molecule is CCC/C=C\CCC(C=O)CC/C=C\CCC. The molecular formula is C16H28O. The van der Waals surface area contributed by atoms with Crippen molar-refractivity contribution in [1.82, 2.24) is 0 Å². The van der Waals surface area contributed by atoms with Crippen molar-refractivity contribution in [1.29, 1.82) is 0 Å². The summed E-state index contributed by atoms with van der Waals surface area (Å²) in [5.41, 5.74) is 0. The molecule has 0 spiro atoms. The molecule has 0 unspecified atom stereocenters. The van der Waals surface area contributed by atoms with Crippen molar-refractivity contribution in [2.24, 2.45) is 5.92 Å². The number of hydrogen-bond donors (Lipinski definition) is 0. The molecule has 0 rings (SSSR count). The van der Waals surface area contributed by atoms with Gasteiger partial charge in [0.1, 0.15) is 6.29 Å². The standard InChI is InChI=1S/C16H28O/c1-3-5-7-9-11-13-16(15-17)14-12-10-8-6-4-2/h7-10,15-16H,3-6,11-14H2,1-2H3/b9-7-,10-8-. The van der Waals surface area contributed by atoms with Crippen molar-refractivity contribution in [3.05, 3.63) is 24.3 Å². The molecular weight excluding hydrogens is 208 g/mol. The van der Waals surface area contributed by atoms with Crippen LogP contribution >= 0.6 is 0 Å². The van der Waals surface area contributed by atoms with E-state index >= 15 is 0 Å². The van der Waals surface area contributed by atoms with Gasteiger partial charge in [0.25, 0.3) is 0 Å². The zero-order valence-corrected chi connectivity index (χ0v) is 11.5. The highest BCUT2D eigenvalue weighted by Gasteiger charge is 2.04. The van der Waals surface area contributed by atoms with E-state index in [9.17, 15) is 4.79 Å². The maximum Gasteiger partial charge on any atom is 0.123 e. The van der Waals surface area contributed by atoms with Gasteiger partial charge in [-0.15, -0.1) is 0 Å². The Morgan fingerprint density at radius 1 is 0.765 bits per heavy atom. The Bertz CT molecular complexity index is 196. The van der Waals surface area contributed by atoms with Gasteiger partial charge in [-0.05, 0) is 38.5 Å². The van der Waals surface area contributed by atoms with Crippen molar-refractivity contribution < 1.29 is 4.79 Å². The van der Waals surface area contributed by atoms with Crippen molar-refractivity contribution in [2.45, 2.75) is 65.2 Å². The molecule has 0 bridgehead atoms. The molecule has 0 aromatic heterocycles. The summed E-state index contributed by atoms with van der Waals surface area (Å²) in [5.74, 6) is 0.243. The average molecular weight is 236 g/mol. The van der Waals surface area contributed by atoms with E-state index < -0.39 is 0 Å². The third-order valence-electron chi connectivity index (χ3n) is 2.84. The van der Waals surface area contributed by atoms with Gasteiger partial charge in [-0.2, -0.15) is 0 Å². The fourth-order valence-electron chi connectivity index (χ4n) is 1.71. The van der Waals surface area contributed by atoms with Gasteiger partial charge in [-0.3, -0.25) is 0 Å². The smallest absolute Gasteiger partial charge is 0.123 e. The van der Waals surface area contributed by atoms with Crippen LogP contribution < -0.4 is 0 Å². The van der Waals surface area contributed by atoms with Crippen LogP contribution in [0.3, 0.4) is 0 Å². The quantitative estimate of drug-likeness (QED) is 0.361. The number of carbonyl (C=O) groups is 1. The summed E-state index contributed by atoms with van der Waals surface area (Å²) in [6, 6.07) is 0. The Labute approximate surface area is 107 Å². The molecule has 0 amide bonds. The molecule has 1 nitrogen and oxygen atoms in total. The van der Waals surface area contributed by atoms with E-state index in [2.05, 4.69) is 38.2 Å². The summed E-state index contributed by atoms with van der Waals surface area (Å²) in [4.78, 5) is 10.9. The Hall–Kier alpha value is -0.850. The summed E-state index contributed by atoms with van der Waals surface area (Å²) in [5, 5.41) is 0. The van der Waals surface area contributed by atoms with E-state index in [1.807, 2.05) is 0 Å². The van der Waals surface area contributed by atoms with Gasteiger partial charge >= 0.3 is 0 Å². The van der Waals surface area contributed by atoms with Crippen LogP contribution in [0.15, 0.2) is 24.3 Å². The number of carbonyl (C=O) groups excluding carboxylic acids is 1. The van der Waals surface area contributed by atoms with Crippen molar-refractivity contribution in [3.8, 4) is 0 Å². The van der Waals surface area contributed by atoms with Crippen LogP contribution in [0.5, 0.6) is 0 Å². The van der Waals surface area contributed by atoms with Crippen LogP contribution in [0.4, 0.5) is 0 Å². The van der Waals surface area contributed by atoms with Crippen LogP contribution in [-0.2, 0) is 4.79 Å². The first-order valence-corrected chi connectivity index (χ1v) is 7.10. The van der Waals surface area contributed by atoms with Gasteiger partial charge < -0.3 is 4.79 Å². The lowest BCUT2D eigenvalue weighted by Crippen LogP contribution is -2.00. The second kappa shape index (κ2) is 13.2. The average Bonchev–Trinajstić information content (AvgIpc) is 2.36. The van der Waals surface area contributed by atoms with Crippen LogP contribution in [0.2, 0.25) is 0 Å². The minimum absolute atomic E-state index is 0.243. The topological polar surface area (TPSA) is 17.1 Å². The predicted octanol–water partition coefficient (Wildman–Crippen LogP) is 5.07. The van der Waals surface area contributed by atoms with Crippen molar-refractivity contribution >= 4 is 6.29 Å². The minimum atomic E-state index is 0.243. The van der Waals surface area contributed by atoms with E-state index in [1.165, 1.54) is 12.8 Å². The first-order valence-electron chi connectivity index (χ1n) is 7.10. The number of allylic oxidation sites excluding steroid dienone is 4. The molecule has 0 aromatic rings. The molecule has 0 aromatic carbocycles. The molecule has 98 valence electrons. The summed E-state index contributed by atoms with van der Waals surface area (Å²) in [7, 11) is 0. The summed E-state index contributed by atoms with van der Waals surface area (Å²) >= 11 is 0. The second-order valence-electron chi connectivity index (χ2n) is 4.57. The van der Waals surface area contributed by atoms with Gasteiger partial charge in [-0.1, -0.05) is 51.0 Å². The Morgan fingerprint density at radius 2 is 1.18 bits per heavy atom. The Kier molecular flexibility index (Phi) is 12.6. The van der Waals surface area contributed by atoms with E-state index in [0.29, 0.717) is 0 Å². The number of hydrogen-bond acceptors (Lipinski definition) is 1. The Balaban J connectivity index is 3.58. The number of aldehydes is 1. The van der Waals surface area contributed by atoms with Gasteiger partial charge in [0.2, 0.25) is 0 Å². The fraction of sp³-hybridized carbons (Fsp3) is 0.688. The van der Waals surface area contributed by atoms with Gasteiger partial charge in [0.05, 0.1) is 0 Å². The second-order valence-corrected chi connectivity index (χ2v) is 4.57. The molecule has 0 fully saturated rings. The van der Waals surface area contributed by atoms with Crippen molar-refractivity contribution in [3.63, 3.8) is 0 Å². The normalized spacial score (nSPS) is 11.9. The number of rotatable bonds is 11. The van der Waals surface area contributed by atoms with E-state index in [1.54, 1.807) is 0 Å². The maximum absolute atomic E-state index is 10.9. The highest BCUT2D eigenvalue weighted by Crippen LogP contribution is 2.12. The van der Waals surface area contributed by atoms with E-state index in [4.69, 9.17) is 0 Å². The van der Waals surface area contributed by atoms with Crippen LogP contribution in [0.25, 0.3) is 0 Å². The highest BCUT2D eigenvalue weighted by molar-refractivity contribution is 5.53.